The molecule has 15 heavy (non-hydrogen) atoms. The minimum atomic E-state index is 0.830. The number of fused-ring (bicyclic) bond motifs is 1. The van der Waals surface area contributed by atoms with Gasteiger partial charge in [0.1, 0.15) is 0 Å². The number of benzene rings is 1. The minimum Gasteiger partial charge on any atom is -0.148 e. The number of hydrogen-bond acceptors (Lipinski definition) is 1. The summed E-state index contributed by atoms with van der Waals surface area (Å²) in [5, 5.41) is 5.15. The first kappa shape index (κ1) is 10.7. The van der Waals surface area contributed by atoms with Gasteiger partial charge in [-0.2, -0.15) is 0 Å². The van der Waals surface area contributed by atoms with E-state index in [2.05, 4.69) is 43.5 Å². The van der Waals surface area contributed by atoms with Gasteiger partial charge in [-0.1, -0.05) is 44.5 Å². The van der Waals surface area contributed by atoms with Crippen LogP contribution in [0, 0.1) is 5.92 Å². The molecule has 1 heteroatoms. The maximum absolute atomic E-state index is 2.30. The largest absolute Gasteiger partial charge is 0.148 e. The molecule has 0 N–H and O–H groups in total. The van der Waals surface area contributed by atoms with E-state index in [0.717, 1.165) is 5.92 Å². The number of aryl methyl sites for hydroxylation is 1. The molecule has 0 saturated heterocycles. The van der Waals surface area contributed by atoms with Crippen molar-refractivity contribution in [2.75, 3.05) is 0 Å². The molecular weight excluding hydrogens is 200 g/mol. The second-order valence-corrected chi connectivity index (χ2v) is 5.50. The van der Waals surface area contributed by atoms with E-state index in [-0.39, 0.29) is 0 Å². The van der Waals surface area contributed by atoms with Gasteiger partial charge in [-0.15, -0.1) is 11.3 Å². The molecule has 0 aliphatic carbocycles. The van der Waals surface area contributed by atoms with Crippen molar-refractivity contribution in [2.45, 2.75) is 33.1 Å². The maximum Gasteiger partial charge on any atom is 0.0124 e. The van der Waals surface area contributed by atoms with Crippen LogP contribution in [0.2, 0.25) is 0 Å². The van der Waals surface area contributed by atoms with Crippen LogP contribution in [0.15, 0.2) is 29.6 Å². The van der Waals surface area contributed by atoms with Crippen molar-refractivity contribution in [3.8, 4) is 0 Å². The average molecular weight is 218 g/mol. The predicted molar refractivity (Wildman–Crippen MR) is 69.6 cm³/mol. The van der Waals surface area contributed by atoms with Gasteiger partial charge in [0.15, 0.2) is 0 Å². The molecule has 2 aromatic rings. The lowest BCUT2D eigenvalue weighted by atomic mass is 10.0. The normalized spacial score (nSPS) is 11.4. The van der Waals surface area contributed by atoms with Crippen LogP contribution in [0.3, 0.4) is 0 Å². The van der Waals surface area contributed by atoms with E-state index in [1.807, 2.05) is 11.3 Å². The highest BCUT2D eigenvalue weighted by Crippen LogP contribution is 2.27. The van der Waals surface area contributed by atoms with Crippen LogP contribution < -0.4 is 0 Å². The van der Waals surface area contributed by atoms with Gasteiger partial charge in [0.25, 0.3) is 0 Å². The molecule has 1 aromatic carbocycles. The summed E-state index contributed by atoms with van der Waals surface area (Å²) < 4.78 is 0. The summed E-state index contributed by atoms with van der Waals surface area (Å²) in [5.74, 6) is 0.830. The molecule has 0 unspecified atom stereocenters. The van der Waals surface area contributed by atoms with E-state index in [0.29, 0.717) is 0 Å². The first-order valence-corrected chi connectivity index (χ1v) is 6.60. The van der Waals surface area contributed by atoms with E-state index < -0.39 is 0 Å². The van der Waals surface area contributed by atoms with E-state index in [1.54, 1.807) is 4.88 Å². The minimum absolute atomic E-state index is 0.830. The number of hydrogen-bond donors (Lipinski definition) is 0. The molecule has 80 valence electrons. The van der Waals surface area contributed by atoms with Crippen molar-refractivity contribution in [1.29, 1.82) is 0 Å². The summed E-state index contributed by atoms with van der Waals surface area (Å²) in [5.41, 5.74) is 0. The molecule has 0 nitrogen and oxygen atoms in total. The maximum atomic E-state index is 2.30. The van der Waals surface area contributed by atoms with Crippen LogP contribution in [0.25, 0.3) is 10.8 Å². The Morgan fingerprint density at radius 2 is 2.00 bits per heavy atom. The second kappa shape index (κ2) is 4.80. The van der Waals surface area contributed by atoms with Gasteiger partial charge in [-0.25, -0.2) is 0 Å². The standard InChI is InChI=1S/C14H18S/c1-11(2)6-5-9-14-13-8-4-3-7-12(13)10-15-14/h3-4,7-8,10-11H,5-6,9H2,1-2H3. The van der Waals surface area contributed by atoms with Gasteiger partial charge < -0.3 is 0 Å². The van der Waals surface area contributed by atoms with Crippen molar-refractivity contribution in [2.24, 2.45) is 5.92 Å². The van der Waals surface area contributed by atoms with E-state index >= 15 is 0 Å². The van der Waals surface area contributed by atoms with Crippen LogP contribution in [0.1, 0.15) is 31.6 Å². The molecule has 0 spiro atoms. The molecule has 0 amide bonds. The van der Waals surface area contributed by atoms with Gasteiger partial charge in [-0.05, 0) is 34.9 Å². The number of thiophene rings is 1. The SMILES string of the molecule is CC(C)CCCc1scc2ccccc12. The topological polar surface area (TPSA) is 0 Å². The fraction of sp³-hybridized carbons (Fsp3) is 0.429. The lowest BCUT2D eigenvalue weighted by molar-refractivity contribution is 0.558. The van der Waals surface area contributed by atoms with Crippen molar-refractivity contribution >= 4 is 22.1 Å². The molecule has 2 rings (SSSR count). The Kier molecular flexibility index (Phi) is 3.42. The van der Waals surface area contributed by atoms with E-state index in [1.165, 1.54) is 30.0 Å². The lowest BCUT2D eigenvalue weighted by Crippen LogP contribution is -1.89. The number of rotatable bonds is 4. The third-order valence-corrected chi connectivity index (χ3v) is 3.86. The van der Waals surface area contributed by atoms with E-state index in [9.17, 15) is 0 Å². The highest BCUT2D eigenvalue weighted by molar-refractivity contribution is 7.11. The fourth-order valence-electron chi connectivity index (χ4n) is 1.92. The monoisotopic (exact) mass is 218 g/mol. The Balaban J connectivity index is 2.08. The first-order chi connectivity index (χ1) is 7.27. The molecule has 0 aliphatic rings. The Morgan fingerprint density at radius 3 is 2.80 bits per heavy atom. The van der Waals surface area contributed by atoms with Gasteiger partial charge in [0.05, 0.1) is 0 Å². The van der Waals surface area contributed by atoms with Crippen LogP contribution in [-0.4, -0.2) is 0 Å². The van der Waals surface area contributed by atoms with Gasteiger partial charge in [-0.3, -0.25) is 0 Å². The summed E-state index contributed by atoms with van der Waals surface area (Å²) >= 11 is 1.91. The van der Waals surface area contributed by atoms with Crippen LogP contribution in [0.4, 0.5) is 0 Å². The third kappa shape index (κ3) is 2.60. The lowest BCUT2D eigenvalue weighted by Gasteiger charge is -2.03. The van der Waals surface area contributed by atoms with Gasteiger partial charge >= 0.3 is 0 Å². The Bertz CT molecular complexity index is 426. The zero-order valence-corrected chi connectivity index (χ0v) is 10.3. The zero-order chi connectivity index (χ0) is 10.7. The van der Waals surface area contributed by atoms with Crippen LogP contribution >= 0.6 is 11.3 Å². The summed E-state index contributed by atoms with van der Waals surface area (Å²) in [7, 11) is 0. The molecule has 1 aromatic heterocycles. The molecule has 0 saturated carbocycles. The van der Waals surface area contributed by atoms with Crippen LogP contribution in [-0.2, 0) is 6.42 Å². The first-order valence-electron chi connectivity index (χ1n) is 5.72. The van der Waals surface area contributed by atoms with Crippen molar-refractivity contribution in [1.82, 2.24) is 0 Å². The zero-order valence-electron chi connectivity index (χ0n) is 9.49. The predicted octanol–water partition coefficient (Wildman–Crippen LogP) is 4.88. The Hall–Kier alpha value is -0.820. The third-order valence-electron chi connectivity index (χ3n) is 2.77. The highest BCUT2D eigenvalue weighted by Gasteiger charge is 2.03. The molecular formula is C14H18S. The van der Waals surface area contributed by atoms with E-state index in [4.69, 9.17) is 0 Å². The molecule has 0 aliphatic heterocycles. The van der Waals surface area contributed by atoms with Crippen molar-refractivity contribution < 1.29 is 0 Å². The second-order valence-electron chi connectivity index (χ2n) is 4.53. The molecule has 1 heterocycles. The highest BCUT2D eigenvalue weighted by atomic mass is 32.1. The average Bonchev–Trinajstić information content (AvgIpc) is 2.62. The molecule has 0 fully saturated rings. The summed E-state index contributed by atoms with van der Waals surface area (Å²) in [6.45, 7) is 4.60. The smallest absolute Gasteiger partial charge is 0.0124 e. The van der Waals surface area contributed by atoms with Crippen molar-refractivity contribution in [3.05, 3.63) is 34.5 Å². The van der Waals surface area contributed by atoms with Crippen LogP contribution in [0.5, 0.6) is 0 Å². The summed E-state index contributed by atoms with van der Waals surface area (Å²) in [6, 6.07) is 8.71. The van der Waals surface area contributed by atoms with Crippen molar-refractivity contribution in [3.63, 3.8) is 0 Å². The van der Waals surface area contributed by atoms with Gasteiger partial charge in [0.2, 0.25) is 0 Å². The Morgan fingerprint density at radius 1 is 1.20 bits per heavy atom. The molecule has 0 bridgehead atoms. The quantitative estimate of drug-likeness (QED) is 0.686. The summed E-state index contributed by atoms with van der Waals surface area (Å²) in [4.78, 5) is 1.56. The fourth-order valence-corrected chi connectivity index (χ4v) is 2.97. The summed E-state index contributed by atoms with van der Waals surface area (Å²) in [6.07, 6.45) is 3.91. The molecule has 0 atom stereocenters. The Labute approximate surface area is 95.9 Å². The van der Waals surface area contributed by atoms with Gasteiger partial charge in [0, 0.05) is 4.88 Å². The molecule has 0 radical (unpaired) electrons.